The average molecular weight is 256 g/mol. The highest BCUT2D eigenvalue weighted by molar-refractivity contribution is 7.19. The van der Waals surface area contributed by atoms with Crippen molar-refractivity contribution >= 4 is 39.1 Å². The standard InChI is InChI=1S/C11H10ClNO2S/c1-2-15-10(14)6-9-13-8-5-3-4-7(12)11(8)16-9/h3-5H,2,6H2,1H3. The van der Waals surface area contributed by atoms with Gasteiger partial charge in [0.05, 0.1) is 28.3 Å². The highest BCUT2D eigenvalue weighted by Crippen LogP contribution is 2.29. The maximum absolute atomic E-state index is 11.3. The van der Waals surface area contributed by atoms with E-state index in [2.05, 4.69) is 4.98 Å². The molecule has 84 valence electrons. The Morgan fingerprint density at radius 2 is 2.38 bits per heavy atom. The van der Waals surface area contributed by atoms with E-state index in [1.807, 2.05) is 18.2 Å². The predicted molar refractivity (Wildman–Crippen MR) is 65.0 cm³/mol. The van der Waals surface area contributed by atoms with Gasteiger partial charge in [-0.1, -0.05) is 17.7 Å². The topological polar surface area (TPSA) is 39.2 Å². The summed E-state index contributed by atoms with van der Waals surface area (Å²) in [5.41, 5.74) is 0.830. The van der Waals surface area contributed by atoms with Gasteiger partial charge in [0.25, 0.3) is 0 Å². The van der Waals surface area contributed by atoms with Gasteiger partial charge in [0, 0.05) is 0 Å². The third-order valence-corrected chi connectivity index (χ3v) is 3.54. The average Bonchev–Trinajstić information content (AvgIpc) is 2.62. The van der Waals surface area contributed by atoms with Crippen molar-refractivity contribution in [2.45, 2.75) is 13.3 Å². The molecule has 0 aliphatic rings. The molecule has 1 aromatic heterocycles. The molecule has 1 aromatic carbocycles. The van der Waals surface area contributed by atoms with Gasteiger partial charge in [-0.15, -0.1) is 11.3 Å². The van der Waals surface area contributed by atoms with Crippen LogP contribution in [0.15, 0.2) is 18.2 Å². The SMILES string of the molecule is CCOC(=O)Cc1nc2cccc(Cl)c2s1. The molecule has 1 heterocycles. The molecule has 0 N–H and O–H groups in total. The number of hydrogen-bond acceptors (Lipinski definition) is 4. The van der Waals surface area contributed by atoms with Gasteiger partial charge in [0.15, 0.2) is 0 Å². The summed E-state index contributed by atoms with van der Waals surface area (Å²) in [4.78, 5) is 15.6. The second kappa shape index (κ2) is 4.80. The summed E-state index contributed by atoms with van der Waals surface area (Å²) in [5.74, 6) is -0.252. The van der Waals surface area contributed by atoms with Gasteiger partial charge >= 0.3 is 5.97 Å². The van der Waals surface area contributed by atoms with Gasteiger partial charge in [0.2, 0.25) is 0 Å². The highest BCUT2D eigenvalue weighted by Gasteiger charge is 2.10. The van der Waals surface area contributed by atoms with Crippen LogP contribution in [0.25, 0.3) is 10.2 Å². The van der Waals surface area contributed by atoms with Crippen molar-refractivity contribution < 1.29 is 9.53 Å². The van der Waals surface area contributed by atoms with E-state index in [-0.39, 0.29) is 12.4 Å². The van der Waals surface area contributed by atoms with E-state index in [1.54, 1.807) is 6.92 Å². The lowest BCUT2D eigenvalue weighted by molar-refractivity contribution is -0.142. The van der Waals surface area contributed by atoms with Crippen LogP contribution in [-0.4, -0.2) is 17.6 Å². The van der Waals surface area contributed by atoms with E-state index in [1.165, 1.54) is 11.3 Å². The van der Waals surface area contributed by atoms with Crippen molar-refractivity contribution in [1.82, 2.24) is 4.98 Å². The van der Waals surface area contributed by atoms with Crippen LogP contribution in [-0.2, 0) is 16.0 Å². The van der Waals surface area contributed by atoms with E-state index in [9.17, 15) is 4.79 Å². The molecule has 0 aliphatic heterocycles. The first-order valence-electron chi connectivity index (χ1n) is 4.90. The van der Waals surface area contributed by atoms with Crippen molar-refractivity contribution in [2.24, 2.45) is 0 Å². The fourth-order valence-corrected chi connectivity index (χ4v) is 2.61. The van der Waals surface area contributed by atoms with E-state index < -0.39 is 0 Å². The maximum atomic E-state index is 11.3. The van der Waals surface area contributed by atoms with Gasteiger partial charge in [0.1, 0.15) is 5.01 Å². The first-order valence-corrected chi connectivity index (χ1v) is 6.09. The Hall–Kier alpha value is -1.13. The molecule has 0 amide bonds. The summed E-state index contributed by atoms with van der Waals surface area (Å²) < 4.78 is 5.79. The number of nitrogens with zero attached hydrogens (tertiary/aromatic N) is 1. The smallest absolute Gasteiger partial charge is 0.312 e. The molecule has 0 saturated carbocycles. The number of thiazole rings is 1. The number of aromatic nitrogens is 1. The molecule has 0 spiro atoms. The van der Waals surface area contributed by atoms with E-state index in [0.717, 1.165) is 15.2 Å². The molecule has 0 radical (unpaired) electrons. The molecule has 0 bridgehead atoms. The molecule has 3 nitrogen and oxygen atoms in total. The summed E-state index contributed by atoms with van der Waals surface area (Å²) >= 11 is 7.46. The first kappa shape index (κ1) is 11.4. The van der Waals surface area contributed by atoms with Crippen LogP contribution in [0.4, 0.5) is 0 Å². The van der Waals surface area contributed by atoms with E-state index in [4.69, 9.17) is 16.3 Å². The van der Waals surface area contributed by atoms with Crippen LogP contribution in [0, 0.1) is 0 Å². The molecule has 0 saturated heterocycles. The highest BCUT2D eigenvalue weighted by atomic mass is 35.5. The van der Waals surface area contributed by atoms with E-state index >= 15 is 0 Å². The molecular weight excluding hydrogens is 246 g/mol. The molecular formula is C11H10ClNO2S. The third-order valence-electron chi connectivity index (χ3n) is 2.01. The summed E-state index contributed by atoms with van der Waals surface area (Å²) in [6, 6.07) is 5.54. The lowest BCUT2D eigenvalue weighted by atomic mass is 10.3. The molecule has 5 heteroatoms. The maximum Gasteiger partial charge on any atom is 0.312 e. The van der Waals surface area contributed by atoms with Crippen molar-refractivity contribution in [3.63, 3.8) is 0 Å². The minimum atomic E-state index is -0.252. The Morgan fingerprint density at radius 3 is 3.06 bits per heavy atom. The van der Waals surface area contributed by atoms with Gasteiger partial charge in [-0.25, -0.2) is 4.98 Å². The molecule has 0 atom stereocenters. The number of halogens is 1. The zero-order valence-corrected chi connectivity index (χ0v) is 10.3. The number of rotatable bonds is 3. The number of carbonyl (C=O) groups is 1. The zero-order valence-electron chi connectivity index (χ0n) is 8.70. The fourth-order valence-electron chi connectivity index (χ4n) is 1.37. The van der Waals surface area contributed by atoms with Crippen LogP contribution in [0.3, 0.4) is 0 Å². The monoisotopic (exact) mass is 255 g/mol. The minimum absolute atomic E-state index is 0.212. The Kier molecular flexibility index (Phi) is 3.41. The first-order chi connectivity index (χ1) is 7.70. The van der Waals surface area contributed by atoms with Crippen molar-refractivity contribution in [2.75, 3.05) is 6.61 Å². The fraction of sp³-hybridized carbons (Fsp3) is 0.273. The van der Waals surface area contributed by atoms with E-state index in [0.29, 0.717) is 11.6 Å². The van der Waals surface area contributed by atoms with Crippen LogP contribution >= 0.6 is 22.9 Å². The second-order valence-corrected chi connectivity index (χ2v) is 4.67. The molecule has 0 fully saturated rings. The van der Waals surface area contributed by atoms with Gasteiger partial charge in [-0.2, -0.15) is 0 Å². The van der Waals surface area contributed by atoms with Gasteiger partial charge < -0.3 is 4.74 Å². The number of benzene rings is 1. The van der Waals surface area contributed by atoms with Gasteiger partial charge in [-0.3, -0.25) is 4.79 Å². The van der Waals surface area contributed by atoms with Crippen LogP contribution < -0.4 is 0 Å². The largest absolute Gasteiger partial charge is 0.466 e. The van der Waals surface area contributed by atoms with Crippen LogP contribution in [0.5, 0.6) is 0 Å². The third kappa shape index (κ3) is 2.33. The lowest BCUT2D eigenvalue weighted by Crippen LogP contribution is -2.06. The van der Waals surface area contributed by atoms with Crippen LogP contribution in [0.2, 0.25) is 5.02 Å². The van der Waals surface area contributed by atoms with Crippen molar-refractivity contribution in [1.29, 1.82) is 0 Å². The summed E-state index contributed by atoms with van der Waals surface area (Å²) in [5, 5.41) is 1.41. The number of esters is 1. The predicted octanol–water partition coefficient (Wildman–Crippen LogP) is 3.06. The lowest BCUT2D eigenvalue weighted by Gasteiger charge is -1.97. The minimum Gasteiger partial charge on any atom is -0.466 e. The quantitative estimate of drug-likeness (QED) is 0.792. The van der Waals surface area contributed by atoms with Crippen molar-refractivity contribution in [3.8, 4) is 0 Å². The Balaban J connectivity index is 2.26. The Morgan fingerprint density at radius 1 is 1.56 bits per heavy atom. The zero-order chi connectivity index (χ0) is 11.5. The molecule has 0 aliphatic carbocycles. The number of fused-ring (bicyclic) bond motifs is 1. The number of carbonyl (C=O) groups excluding carboxylic acids is 1. The van der Waals surface area contributed by atoms with Crippen molar-refractivity contribution in [3.05, 3.63) is 28.2 Å². The number of hydrogen-bond donors (Lipinski definition) is 0. The Bertz CT molecular complexity index is 524. The van der Waals surface area contributed by atoms with Gasteiger partial charge in [-0.05, 0) is 19.1 Å². The molecule has 2 aromatic rings. The summed E-state index contributed by atoms with van der Waals surface area (Å²) in [7, 11) is 0. The Labute approximate surface area is 102 Å². The molecule has 2 rings (SSSR count). The normalized spacial score (nSPS) is 10.6. The number of ether oxygens (including phenoxy) is 1. The molecule has 16 heavy (non-hydrogen) atoms. The molecule has 0 unspecified atom stereocenters. The van der Waals surface area contributed by atoms with Crippen LogP contribution in [0.1, 0.15) is 11.9 Å². The summed E-state index contributed by atoms with van der Waals surface area (Å²) in [6.45, 7) is 2.18. The summed E-state index contributed by atoms with van der Waals surface area (Å²) in [6.07, 6.45) is 0.212. The second-order valence-electron chi connectivity index (χ2n) is 3.18.